The Kier molecular flexibility index (Phi) is 5.97. The number of carbonyl (C=O) groups is 1. The minimum Gasteiger partial charge on any atom is -0.459 e. The molecule has 0 aliphatic heterocycles. The molecule has 1 aromatic carbocycles. The van der Waals surface area contributed by atoms with Crippen molar-refractivity contribution in [2.75, 3.05) is 13.2 Å². The van der Waals surface area contributed by atoms with Crippen molar-refractivity contribution >= 4 is 21.9 Å². The number of hydrogen-bond donors (Lipinski definition) is 2. The van der Waals surface area contributed by atoms with Crippen LogP contribution in [0.3, 0.4) is 0 Å². The zero-order valence-electron chi connectivity index (χ0n) is 11.4. The third-order valence-electron chi connectivity index (χ3n) is 2.35. The van der Waals surface area contributed by atoms with Gasteiger partial charge < -0.3 is 9.84 Å². The van der Waals surface area contributed by atoms with Crippen LogP contribution < -0.4 is 5.32 Å². The Morgan fingerprint density at radius 3 is 2.68 bits per heavy atom. The van der Waals surface area contributed by atoms with Crippen LogP contribution in [0.4, 0.5) is 0 Å². The van der Waals surface area contributed by atoms with E-state index in [2.05, 4.69) is 21.2 Å². The monoisotopic (exact) mass is 329 g/mol. The summed E-state index contributed by atoms with van der Waals surface area (Å²) < 4.78 is 6.13. The molecule has 0 saturated carbocycles. The van der Waals surface area contributed by atoms with Gasteiger partial charge in [-0.05, 0) is 38.5 Å². The van der Waals surface area contributed by atoms with E-state index >= 15 is 0 Å². The van der Waals surface area contributed by atoms with E-state index < -0.39 is 5.60 Å². The molecule has 0 saturated heterocycles. The molecule has 0 aromatic heterocycles. The smallest absolute Gasteiger partial charge is 0.320 e. The van der Waals surface area contributed by atoms with E-state index in [0.717, 1.165) is 10.0 Å². The summed E-state index contributed by atoms with van der Waals surface area (Å²) in [5.41, 5.74) is 0.420. The predicted molar refractivity (Wildman–Crippen MR) is 77.8 cm³/mol. The van der Waals surface area contributed by atoms with Crippen molar-refractivity contribution in [2.24, 2.45) is 0 Å². The molecule has 0 spiro atoms. The average molecular weight is 330 g/mol. The van der Waals surface area contributed by atoms with Crippen LogP contribution in [0.25, 0.3) is 0 Å². The van der Waals surface area contributed by atoms with Crippen molar-refractivity contribution in [1.82, 2.24) is 5.32 Å². The molecule has 1 atom stereocenters. The molecule has 4 nitrogen and oxygen atoms in total. The summed E-state index contributed by atoms with van der Waals surface area (Å²) in [6.45, 7) is 5.45. The third-order valence-corrected chi connectivity index (χ3v) is 2.84. The number of hydrogen-bond acceptors (Lipinski definition) is 4. The molecule has 0 aliphatic carbocycles. The number of aliphatic hydroxyl groups excluding tert-OH is 1. The zero-order chi connectivity index (χ0) is 14.5. The second-order valence-corrected chi connectivity index (χ2v) is 6.17. The molecule has 0 amide bonds. The van der Waals surface area contributed by atoms with Gasteiger partial charge in [-0.25, -0.2) is 0 Å². The van der Waals surface area contributed by atoms with E-state index in [0.29, 0.717) is 0 Å². The molecule has 0 radical (unpaired) electrons. The Morgan fingerprint density at radius 2 is 2.16 bits per heavy atom. The first-order valence-electron chi connectivity index (χ1n) is 6.13. The van der Waals surface area contributed by atoms with Gasteiger partial charge in [-0.15, -0.1) is 0 Å². The van der Waals surface area contributed by atoms with Gasteiger partial charge in [0.15, 0.2) is 0 Å². The molecule has 2 N–H and O–H groups in total. The number of carbonyl (C=O) groups excluding carboxylic acids is 1. The number of benzene rings is 1. The van der Waals surface area contributed by atoms with Gasteiger partial charge >= 0.3 is 5.97 Å². The predicted octanol–water partition coefficient (Wildman–Crippen LogP) is 2.41. The lowest BCUT2D eigenvalue weighted by Crippen LogP contribution is -2.34. The van der Waals surface area contributed by atoms with Crippen molar-refractivity contribution < 1.29 is 14.6 Å². The highest BCUT2D eigenvalue weighted by molar-refractivity contribution is 9.10. The minimum atomic E-state index is -0.497. The van der Waals surface area contributed by atoms with Crippen molar-refractivity contribution in [3.63, 3.8) is 0 Å². The number of halogens is 1. The number of nitrogens with one attached hydrogen (secondary N) is 1. The quantitative estimate of drug-likeness (QED) is 0.814. The maximum absolute atomic E-state index is 11.6. The highest BCUT2D eigenvalue weighted by Crippen LogP contribution is 2.18. The number of esters is 1. The Balaban J connectivity index is 2.56. The van der Waals surface area contributed by atoms with Crippen LogP contribution in [0, 0.1) is 0 Å². The molecule has 1 unspecified atom stereocenters. The van der Waals surface area contributed by atoms with E-state index in [4.69, 9.17) is 4.74 Å². The third kappa shape index (κ3) is 6.18. The second kappa shape index (κ2) is 7.03. The summed E-state index contributed by atoms with van der Waals surface area (Å²) in [5.74, 6) is -0.332. The minimum absolute atomic E-state index is 0.0645. The van der Waals surface area contributed by atoms with Crippen molar-refractivity contribution in [2.45, 2.75) is 32.4 Å². The van der Waals surface area contributed by atoms with E-state index in [9.17, 15) is 9.90 Å². The molecule has 1 rings (SSSR count). The molecule has 0 fully saturated rings. The lowest BCUT2D eigenvalue weighted by atomic mass is 10.1. The highest BCUT2D eigenvalue weighted by Gasteiger charge is 2.18. The largest absolute Gasteiger partial charge is 0.459 e. The van der Waals surface area contributed by atoms with Crippen LogP contribution in [-0.2, 0) is 9.53 Å². The molecular weight excluding hydrogens is 310 g/mol. The summed E-state index contributed by atoms with van der Waals surface area (Å²) in [5, 5.41) is 12.4. The van der Waals surface area contributed by atoms with Crippen LogP contribution in [0.1, 0.15) is 32.4 Å². The second-order valence-electron chi connectivity index (χ2n) is 5.26. The van der Waals surface area contributed by atoms with Crippen molar-refractivity contribution in [1.29, 1.82) is 0 Å². The Morgan fingerprint density at radius 1 is 1.47 bits per heavy atom. The van der Waals surface area contributed by atoms with E-state index in [1.165, 1.54) is 0 Å². The van der Waals surface area contributed by atoms with Crippen molar-refractivity contribution in [3.8, 4) is 0 Å². The fourth-order valence-electron chi connectivity index (χ4n) is 1.60. The summed E-state index contributed by atoms with van der Waals surface area (Å²) in [7, 11) is 0. The lowest BCUT2D eigenvalue weighted by molar-refractivity contribution is -0.153. The van der Waals surface area contributed by atoms with Crippen molar-refractivity contribution in [3.05, 3.63) is 34.3 Å². The van der Waals surface area contributed by atoms with E-state index in [-0.39, 0.29) is 25.2 Å². The molecule has 1 aromatic rings. The van der Waals surface area contributed by atoms with Crippen LogP contribution >= 0.6 is 15.9 Å². The molecule has 0 aliphatic rings. The fraction of sp³-hybridized carbons (Fsp3) is 0.500. The first kappa shape index (κ1) is 16.1. The summed E-state index contributed by atoms with van der Waals surface area (Å²) in [6.07, 6.45) is 0. The van der Waals surface area contributed by atoms with Gasteiger partial charge in [0.2, 0.25) is 0 Å². The topological polar surface area (TPSA) is 58.6 Å². The van der Waals surface area contributed by atoms with Gasteiger partial charge in [0, 0.05) is 4.47 Å². The van der Waals surface area contributed by atoms with Gasteiger partial charge in [0.25, 0.3) is 0 Å². The van der Waals surface area contributed by atoms with Gasteiger partial charge in [0.05, 0.1) is 19.2 Å². The zero-order valence-corrected chi connectivity index (χ0v) is 13.0. The Labute approximate surface area is 122 Å². The van der Waals surface area contributed by atoms with Gasteiger partial charge in [-0.2, -0.15) is 0 Å². The van der Waals surface area contributed by atoms with Gasteiger partial charge in [-0.1, -0.05) is 28.1 Å². The number of rotatable bonds is 5. The maximum Gasteiger partial charge on any atom is 0.320 e. The van der Waals surface area contributed by atoms with E-state index in [1.54, 1.807) is 0 Å². The molecule has 19 heavy (non-hydrogen) atoms. The molecule has 0 heterocycles. The first-order chi connectivity index (χ1) is 8.81. The van der Waals surface area contributed by atoms with Gasteiger partial charge in [-0.3, -0.25) is 10.1 Å². The normalized spacial score (nSPS) is 13.1. The Hall–Kier alpha value is -0.910. The average Bonchev–Trinajstić information content (AvgIpc) is 2.27. The van der Waals surface area contributed by atoms with Crippen LogP contribution in [0.15, 0.2) is 28.7 Å². The molecule has 106 valence electrons. The molecule has 5 heteroatoms. The molecular formula is C14H20BrNO3. The lowest BCUT2D eigenvalue weighted by Gasteiger charge is -2.21. The standard InChI is InChI=1S/C14H20BrNO3/c1-14(2,3)19-13(18)8-16-12(9-17)10-5-4-6-11(15)7-10/h4-7,12,16-17H,8-9H2,1-3H3. The first-order valence-corrected chi connectivity index (χ1v) is 6.92. The SMILES string of the molecule is CC(C)(C)OC(=O)CNC(CO)c1cccc(Br)c1. The van der Waals surface area contributed by atoms with Crippen LogP contribution in [0.2, 0.25) is 0 Å². The van der Waals surface area contributed by atoms with Gasteiger partial charge in [0.1, 0.15) is 5.60 Å². The number of aliphatic hydroxyl groups is 1. The number of ether oxygens (including phenoxy) is 1. The van der Waals surface area contributed by atoms with Crippen LogP contribution in [-0.4, -0.2) is 29.8 Å². The summed E-state index contributed by atoms with van der Waals surface area (Å²) >= 11 is 3.38. The maximum atomic E-state index is 11.6. The molecule has 0 bridgehead atoms. The highest BCUT2D eigenvalue weighted by atomic mass is 79.9. The fourth-order valence-corrected chi connectivity index (χ4v) is 2.01. The van der Waals surface area contributed by atoms with E-state index in [1.807, 2.05) is 45.0 Å². The Bertz CT molecular complexity index is 429. The summed E-state index contributed by atoms with van der Waals surface area (Å²) in [4.78, 5) is 11.6. The van der Waals surface area contributed by atoms with Crippen LogP contribution in [0.5, 0.6) is 0 Å². The summed E-state index contributed by atoms with van der Waals surface area (Å²) in [6, 6.07) is 7.31.